The van der Waals surface area contributed by atoms with Crippen LogP contribution in [0, 0.1) is 10.1 Å². The lowest BCUT2D eigenvalue weighted by atomic mass is 10.0. The third-order valence-corrected chi connectivity index (χ3v) is 3.98. The molecule has 30 heavy (non-hydrogen) atoms. The predicted octanol–water partition coefficient (Wildman–Crippen LogP) is 3.38. The van der Waals surface area contributed by atoms with Gasteiger partial charge < -0.3 is 19.0 Å². The number of halogens is 5. The zero-order valence-electron chi connectivity index (χ0n) is 14.7. The van der Waals surface area contributed by atoms with Crippen molar-refractivity contribution in [1.29, 1.82) is 0 Å². The molecule has 0 fully saturated rings. The average molecular weight is 474 g/mol. The predicted molar refractivity (Wildman–Crippen MR) is 94.4 cm³/mol. The molecule has 0 amide bonds. The Morgan fingerprint density at radius 2 is 1.83 bits per heavy atom. The maximum absolute atomic E-state index is 13.4. The normalized spacial score (nSPS) is 15.4. The van der Waals surface area contributed by atoms with Gasteiger partial charge in [0.1, 0.15) is 25.6 Å². The minimum absolute atomic E-state index is 0.0529. The monoisotopic (exact) mass is 473 g/mol. The van der Waals surface area contributed by atoms with Gasteiger partial charge in [-0.15, -0.1) is 10.1 Å². The highest BCUT2D eigenvalue weighted by Gasteiger charge is 2.49. The van der Waals surface area contributed by atoms with Gasteiger partial charge in [0.15, 0.2) is 0 Å². The summed E-state index contributed by atoms with van der Waals surface area (Å²) in [6.45, 7) is -1.58. The first-order chi connectivity index (χ1) is 14.0. The zero-order valence-corrected chi connectivity index (χ0v) is 16.3. The molecule has 1 aliphatic heterocycles. The molecule has 0 radical (unpaired) electrons. The fourth-order valence-corrected chi connectivity index (χ4v) is 2.85. The quantitative estimate of drug-likeness (QED) is 0.244. The summed E-state index contributed by atoms with van der Waals surface area (Å²) < 4.78 is 54.3. The standard InChI is InChI=1S/C16H12Cl2F3NO8/c17-9-5-8-6-10(14(16(19,20)21)30-13(8)11(18)7-9)15(24)28-4-3-27-12(23)1-2-29-22(25)26/h5-7,14H,1-4H2/t14-/m0/s1. The van der Waals surface area contributed by atoms with Crippen molar-refractivity contribution in [2.45, 2.75) is 18.7 Å². The number of ether oxygens (including phenoxy) is 3. The van der Waals surface area contributed by atoms with Crippen LogP contribution in [0.25, 0.3) is 6.08 Å². The summed E-state index contributed by atoms with van der Waals surface area (Å²) in [7, 11) is 0. The zero-order chi connectivity index (χ0) is 22.5. The number of esters is 2. The van der Waals surface area contributed by atoms with E-state index in [0.717, 1.165) is 6.08 Å². The van der Waals surface area contributed by atoms with E-state index in [2.05, 4.69) is 9.57 Å². The molecule has 1 heterocycles. The van der Waals surface area contributed by atoms with Crippen molar-refractivity contribution in [1.82, 2.24) is 0 Å². The van der Waals surface area contributed by atoms with Crippen LogP contribution in [0.1, 0.15) is 12.0 Å². The summed E-state index contributed by atoms with van der Waals surface area (Å²) in [5.74, 6) is -2.53. The van der Waals surface area contributed by atoms with Crippen LogP contribution in [-0.4, -0.2) is 49.1 Å². The van der Waals surface area contributed by atoms with E-state index in [1.807, 2.05) is 0 Å². The molecule has 1 aliphatic rings. The molecule has 1 aromatic carbocycles. The summed E-state index contributed by atoms with van der Waals surface area (Å²) in [4.78, 5) is 37.3. The molecule has 2 rings (SSSR count). The number of fused-ring (bicyclic) bond motifs is 1. The maximum atomic E-state index is 13.4. The summed E-state index contributed by atoms with van der Waals surface area (Å²) >= 11 is 11.7. The second kappa shape index (κ2) is 9.85. The lowest BCUT2D eigenvalue weighted by Crippen LogP contribution is -2.41. The highest BCUT2D eigenvalue weighted by molar-refractivity contribution is 6.36. The van der Waals surface area contributed by atoms with E-state index in [0.29, 0.717) is 0 Å². The Morgan fingerprint density at radius 3 is 2.47 bits per heavy atom. The molecule has 0 aromatic heterocycles. The van der Waals surface area contributed by atoms with Crippen molar-refractivity contribution in [3.8, 4) is 5.75 Å². The number of hydrogen-bond donors (Lipinski definition) is 0. The number of alkyl halides is 3. The molecule has 0 unspecified atom stereocenters. The molecule has 0 spiro atoms. The minimum atomic E-state index is -4.95. The Kier molecular flexibility index (Phi) is 7.73. The molecule has 0 bridgehead atoms. The molecule has 164 valence electrons. The Balaban J connectivity index is 2.00. The average Bonchev–Trinajstić information content (AvgIpc) is 2.62. The van der Waals surface area contributed by atoms with Gasteiger partial charge in [0.25, 0.3) is 5.09 Å². The van der Waals surface area contributed by atoms with Crippen molar-refractivity contribution in [2.75, 3.05) is 19.8 Å². The van der Waals surface area contributed by atoms with Crippen LogP contribution in [0.4, 0.5) is 13.2 Å². The Morgan fingerprint density at radius 1 is 1.17 bits per heavy atom. The van der Waals surface area contributed by atoms with Gasteiger partial charge in [-0.25, -0.2) is 4.79 Å². The van der Waals surface area contributed by atoms with E-state index in [9.17, 15) is 32.9 Å². The van der Waals surface area contributed by atoms with Gasteiger partial charge >= 0.3 is 18.1 Å². The van der Waals surface area contributed by atoms with Crippen LogP contribution in [-0.2, 0) is 23.9 Å². The topological polar surface area (TPSA) is 114 Å². The molecule has 9 nitrogen and oxygen atoms in total. The molecule has 0 saturated heterocycles. The van der Waals surface area contributed by atoms with Gasteiger partial charge in [-0.2, -0.15) is 13.2 Å². The van der Waals surface area contributed by atoms with Crippen molar-refractivity contribution in [2.24, 2.45) is 0 Å². The van der Waals surface area contributed by atoms with Gasteiger partial charge in [0.05, 0.1) is 17.0 Å². The number of benzene rings is 1. The van der Waals surface area contributed by atoms with Gasteiger partial charge in [-0.1, -0.05) is 23.2 Å². The maximum Gasteiger partial charge on any atom is 0.430 e. The van der Waals surface area contributed by atoms with Crippen LogP contribution in [0.5, 0.6) is 5.75 Å². The van der Waals surface area contributed by atoms with Crippen molar-refractivity contribution in [3.05, 3.63) is 43.4 Å². The van der Waals surface area contributed by atoms with Crippen LogP contribution in [0.3, 0.4) is 0 Å². The van der Waals surface area contributed by atoms with E-state index >= 15 is 0 Å². The molecular weight excluding hydrogens is 462 g/mol. The Labute approximate surface area is 176 Å². The van der Waals surface area contributed by atoms with E-state index in [1.165, 1.54) is 12.1 Å². The molecule has 0 N–H and O–H groups in total. The van der Waals surface area contributed by atoms with Crippen molar-refractivity contribution >= 4 is 41.2 Å². The first-order valence-corrected chi connectivity index (χ1v) is 8.78. The Bertz CT molecular complexity index is 875. The van der Waals surface area contributed by atoms with Crippen molar-refractivity contribution < 1.29 is 46.9 Å². The van der Waals surface area contributed by atoms with E-state index in [-0.39, 0.29) is 21.4 Å². The van der Waals surface area contributed by atoms with Gasteiger partial charge in [0.2, 0.25) is 6.10 Å². The number of rotatable bonds is 8. The van der Waals surface area contributed by atoms with Crippen molar-refractivity contribution in [3.63, 3.8) is 0 Å². The molecule has 1 atom stereocenters. The molecule has 0 aliphatic carbocycles. The van der Waals surface area contributed by atoms with Gasteiger partial charge in [0, 0.05) is 10.6 Å². The van der Waals surface area contributed by atoms with E-state index < -0.39 is 61.1 Å². The van der Waals surface area contributed by atoms with Gasteiger partial charge in [-0.3, -0.25) is 4.79 Å². The summed E-state index contributed by atoms with van der Waals surface area (Å²) in [5, 5.41) is 8.80. The van der Waals surface area contributed by atoms with Crippen LogP contribution in [0.2, 0.25) is 10.0 Å². The third kappa shape index (κ3) is 6.39. The summed E-state index contributed by atoms with van der Waals surface area (Å²) in [6.07, 6.45) is -7.12. The molecule has 0 saturated carbocycles. The number of carbonyl (C=O) groups is 2. The minimum Gasteiger partial charge on any atom is -0.474 e. The van der Waals surface area contributed by atoms with E-state index in [4.69, 9.17) is 32.7 Å². The fraction of sp³-hybridized carbons (Fsp3) is 0.375. The number of hydrogen-bond acceptors (Lipinski definition) is 8. The second-order valence-electron chi connectivity index (χ2n) is 5.61. The largest absolute Gasteiger partial charge is 0.474 e. The highest BCUT2D eigenvalue weighted by Crippen LogP contribution is 2.42. The SMILES string of the molecule is O=C(CCO[N+](=O)[O-])OCCOC(=O)C1=Cc2cc(Cl)cc(Cl)c2O[C@@H]1C(F)(F)F. The summed E-state index contributed by atoms with van der Waals surface area (Å²) in [5.41, 5.74) is -0.795. The van der Waals surface area contributed by atoms with Crippen LogP contribution in [0.15, 0.2) is 17.7 Å². The lowest BCUT2D eigenvalue weighted by molar-refractivity contribution is -0.757. The smallest absolute Gasteiger partial charge is 0.430 e. The van der Waals surface area contributed by atoms with Crippen LogP contribution >= 0.6 is 23.2 Å². The first-order valence-electron chi connectivity index (χ1n) is 8.03. The second-order valence-corrected chi connectivity index (χ2v) is 6.45. The highest BCUT2D eigenvalue weighted by atomic mass is 35.5. The van der Waals surface area contributed by atoms with Crippen LogP contribution < -0.4 is 4.74 Å². The molecule has 1 aromatic rings. The third-order valence-electron chi connectivity index (χ3n) is 3.48. The molecule has 14 heteroatoms. The fourth-order valence-electron chi connectivity index (χ4n) is 2.29. The van der Waals surface area contributed by atoms with Gasteiger partial charge in [-0.05, 0) is 18.2 Å². The summed E-state index contributed by atoms with van der Waals surface area (Å²) in [6, 6.07) is 2.45. The molecular formula is C16H12Cl2F3NO8. The Hall–Kier alpha value is -2.73. The lowest BCUT2D eigenvalue weighted by Gasteiger charge is -2.28. The van der Waals surface area contributed by atoms with E-state index in [1.54, 1.807) is 0 Å². The number of nitrogens with zero attached hydrogens (tertiary/aromatic N) is 1. The number of carbonyl (C=O) groups excluding carboxylic acids is 2. The first kappa shape index (κ1) is 23.5.